The van der Waals surface area contributed by atoms with Crippen LogP contribution in [-0.4, -0.2) is 29.6 Å². The average molecular weight is 362 g/mol. The molecule has 0 aliphatic rings. The second kappa shape index (κ2) is 8.31. The largest absolute Gasteiger partial charge is 0.465 e. The quantitative estimate of drug-likeness (QED) is 0.653. The summed E-state index contributed by atoms with van der Waals surface area (Å²) in [6.07, 6.45) is 0. The van der Waals surface area contributed by atoms with Crippen molar-refractivity contribution in [3.8, 4) is 0 Å². The van der Waals surface area contributed by atoms with Crippen LogP contribution in [0, 0.1) is 6.92 Å². The van der Waals surface area contributed by atoms with E-state index < -0.39 is 0 Å². The number of rotatable bonds is 6. The van der Waals surface area contributed by atoms with E-state index in [1.165, 1.54) is 7.11 Å². The van der Waals surface area contributed by atoms with E-state index in [1.807, 2.05) is 49.4 Å². The molecule has 0 bridgehead atoms. The van der Waals surface area contributed by atoms with Gasteiger partial charge in [-0.15, -0.1) is 0 Å². The first-order valence-corrected chi connectivity index (χ1v) is 8.74. The molecule has 1 aromatic heterocycles. The maximum Gasteiger partial charge on any atom is 0.337 e. The third kappa shape index (κ3) is 4.41. The first-order chi connectivity index (χ1) is 13.1. The molecule has 0 aliphatic heterocycles. The van der Waals surface area contributed by atoms with Crippen LogP contribution in [0.5, 0.6) is 0 Å². The Morgan fingerprint density at radius 2 is 1.85 bits per heavy atom. The molecule has 0 unspecified atom stereocenters. The summed E-state index contributed by atoms with van der Waals surface area (Å²) in [5.41, 5.74) is 3.10. The van der Waals surface area contributed by atoms with Crippen LogP contribution in [0.3, 0.4) is 0 Å². The first-order valence-electron chi connectivity index (χ1n) is 8.74. The second-order valence-corrected chi connectivity index (χ2v) is 5.97. The summed E-state index contributed by atoms with van der Waals surface area (Å²) in [5, 5.41) is 3.18. The molecule has 1 N–H and O–H groups in total. The minimum absolute atomic E-state index is 0.384. The van der Waals surface area contributed by atoms with Crippen LogP contribution < -0.4 is 10.2 Å². The molecule has 0 amide bonds. The molecule has 0 saturated heterocycles. The van der Waals surface area contributed by atoms with E-state index in [1.54, 1.807) is 18.2 Å². The van der Waals surface area contributed by atoms with Gasteiger partial charge in [0.1, 0.15) is 5.82 Å². The highest BCUT2D eigenvalue weighted by molar-refractivity contribution is 5.90. The molecule has 3 aromatic rings. The Balaban J connectivity index is 1.91. The zero-order valence-corrected chi connectivity index (χ0v) is 15.6. The molecule has 0 saturated carbocycles. The lowest BCUT2D eigenvalue weighted by Gasteiger charge is -2.23. The fraction of sp³-hybridized carbons (Fsp3) is 0.190. The lowest BCUT2D eigenvalue weighted by atomic mass is 10.2. The maximum atomic E-state index is 11.7. The lowest BCUT2D eigenvalue weighted by molar-refractivity contribution is 0.0601. The van der Waals surface area contributed by atoms with Crippen molar-refractivity contribution in [3.05, 3.63) is 71.9 Å². The van der Waals surface area contributed by atoms with Gasteiger partial charge in [0.25, 0.3) is 0 Å². The smallest absolute Gasteiger partial charge is 0.337 e. The van der Waals surface area contributed by atoms with E-state index >= 15 is 0 Å². The van der Waals surface area contributed by atoms with Crippen LogP contribution in [0.1, 0.15) is 23.0 Å². The van der Waals surface area contributed by atoms with E-state index in [0.717, 1.165) is 29.4 Å². The van der Waals surface area contributed by atoms with Gasteiger partial charge in [0.2, 0.25) is 5.95 Å². The maximum absolute atomic E-state index is 11.7. The summed E-state index contributed by atoms with van der Waals surface area (Å²) in [6, 6.07) is 19.1. The first kappa shape index (κ1) is 18.4. The normalized spacial score (nSPS) is 10.3. The SMILES string of the molecule is CCN(c1ccccc1)c1cc(C)nc(Nc2cccc(C(=O)OC)c2)n1. The van der Waals surface area contributed by atoms with Crippen molar-refractivity contribution in [2.24, 2.45) is 0 Å². The number of anilines is 4. The number of methoxy groups -OCH3 is 1. The lowest BCUT2D eigenvalue weighted by Crippen LogP contribution is -2.18. The van der Waals surface area contributed by atoms with Crippen molar-refractivity contribution >= 4 is 29.1 Å². The van der Waals surface area contributed by atoms with Gasteiger partial charge in [-0.2, -0.15) is 4.98 Å². The van der Waals surface area contributed by atoms with Crippen molar-refractivity contribution in [1.29, 1.82) is 0 Å². The van der Waals surface area contributed by atoms with Gasteiger partial charge in [-0.25, -0.2) is 9.78 Å². The summed E-state index contributed by atoms with van der Waals surface area (Å²) >= 11 is 0. The Kier molecular flexibility index (Phi) is 5.66. The molecule has 6 heteroatoms. The number of ether oxygens (including phenoxy) is 1. The zero-order chi connectivity index (χ0) is 19.2. The van der Waals surface area contributed by atoms with Crippen molar-refractivity contribution in [3.63, 3.8) is 0 Å². The second-order valence-electron chi connectivity index (χ2n) is 5.97. The summed E-state index contributed by atoms with van der Waals surface area (Å²) < 4.78 is 4.77. The zero-order valence-electron chi connectivity index (χ0n) is 15.6. The highest BCUT2D eigenvalue weighted by Gasteiger charge is 2.12. The number of benzene rings is 2. The Labute approximate surface area is 158 Å². The molecule has 0 atom stereocenters. The van der Waals surface area contributed by atoms with Crippen LogP contribution in [0.4, 0.5) is 23.1 Å². The molecule has 0 radical (unpaired) electrons. The molecular formula is C21H22N4O2. The molecule has 2 aromatic carbocycles. The number of aryl methyl sites for hydroxylation is 1. The molecule has 138 valence electrons. The number of carbonyl (C=O) groups is 1. The molecule has 0 fully saturated rings. The molecule has 3 rings (SSSR count). The molecule has 0 spiro atoms. The average Bonchev–Trinajstić information content (AvgIpc) is 2.68. The Morgan fingerprint density at radius 1 is 1.07 bits per heavy atom. The summed E-state index contributed by atoms with van der Waals surface area (Å²) in [4.78, 5) is 23.0. The van der Waals surface area contributed by atoms with Crippen molar-refractivity contribution in [1.82, 2.24) is 9.97 Å². The minimum atomic E-state index is -0.384. The van der Waals surface area contributed by atoms with Crippen molar-refractivity contribution < 1.29 is 9.53 Å². The highest BCUT2D eigenvalue weighted by Crippen LogP contribution is 2.25. The standard InChI is InChI=1S/C21H22N4O2/c1-4-25(18-11-6-5-7-12-18)19-13-15(2)22-21(24-19)23-17-10-8-9-16(14-17)20(26)27-3/h5-14H,4H2,1-3H3,(H,22,23,24). The predicted molar refractivity (Wildman–Crippen MR) is 107 cm³/mol. The molecule has 27 heavy (non-hydrogen) atoms. The van der Waals surface area contributed by atoms with Crippen LogP contribution in [0.15, 0.2) is 60.7 Å². The Morgan fingerprint density at radius 3 is 2.56 bits per heavy atom. The van der Waals surface area contributed by atoms with Gasteiger partial charge >= 0.3 is 5.97 Å². The number of nitrogens with one attached hydrogen (secondary N) is 1. The fourth-order valence-corrected chi connectivity index (χ4v) is 2.80. The molecule has 6 nitrogen and oxygen atoms in total. The number of para-hydroxylation sites is 1. The van der Waals surface area contributed by atoms with Gasteiger partial charge in [-0.1, -0.05) is 24.3 Å². The summed E-state index contributed by atoms with van der Waals surface area (Å²) in [6.45, 7) is 4.79. The number of hydrogen-bond acceptors (Lipinski definition) is 6. The minimum Gasteiger partial charge on any atom is -0.465 e. The number of aromatic nitrogens is 2. The van der Waals surface area contributed by atoms with Crippen LogP contribution in [-0.2, 0) is 4.74 Å². The van der Waals surface area contributed by atoms with E-state index in [4.69, 9.17) is 4.74 Å². The fourth-order valence-electron chi connectivity index (χ4n) is 2.80. The highest BCUT2D eigenvalue weighted by atomic mass is 16.5. The third-order valence-electron chi connectivity index (χ3n) is 4.04. The third-order valence-corrected chi connectivity index (χ3v) is 4.04. The van der Waals surface area contributed by atoms with E-state index in [0.29, 0.717) is 11.5 Å². The van der Waals surface area contributed by atoms with Crippen LogP contribution in [0.25, 0.3) is 0 Å². The van der Waals surface area contributed by atoms with Gasteiger partial charge in [0.15, 0.2) is 0 Å². The topological polar surface area (TPSA) is 67.4 Å². The van der Waals surface area contributed by atoms with Gasteiger partial charge in [-0.05, 0) is 44.2 Å². The number of nitrogens with zero attached hydrogens (tertiary/aromatic N) is 3. The monoisotopic (exact) mass is 362 g/mol. The van der Waals surface area contributed by atoms with Crippen molar-refractivity contribution in [2.45, 2.75) is 13.8 Å². The molecule has 1 heterocycles. The van der Waals surface area contributed by atoms with Gasteiger partial charge in [0.05, 0.1) is 12.7 Å². The van der Waals surface area contributed by atoms with Crippen LogP contribution in [0.2, 0.25) is 0 Å². The predicted octanol–water partition coefficient (Wildman–Crippen LogP) is 4.47. The number of hydrogen-bond donors (Lipinski definition) is 1. The van der Waals surface area contributed by atoms with E-state index in [9.17, 15) is 4.79 Å². The van der Waals surface area contributed by atoms with Crippen LogP contribution >= 0.6 is 0 Å². The summed E-state index contributed by atoms with van der Waals surface area (Å²) in [5.74, 6) is 0.898. The molecular weight excluding hydrogens is 340 g/mol. The molecule has 0 aliphatic carbocycles. The van der Waals surface area contributed by atoms with E-state index in [2.05, 4.69) is 27.1 Å². The summed E-state index contributed by atoms with van der Waals surface area (Å²) in [7, 11) is 1.36. The van der Waals surface area contributed by atoms with Crippen molar-refractivity contribution in [2.75, 3.05) is 23.9 Å². The van der Waals surface area contributed by atoms with Gasteiger partial charge < -0.3 is 15.0 Å². The van der Waals surface area contributed by atoms with Gasteiger partial charge in [-0.3, -0.25) is 0 Å². The van der Waals surface area contributed by atoms with E-state index in [-0.39, 0.29) is 5.97 Å². The Bertz CT molecular complexity index is 928. The Hall–Kier alpha value is -3.41. The number of esters is 1. The number of carbonyl (C=O) groups excluding carboxylic acids is 1. The van der Waals surface area contributed by atoms with Gasteiger partial charge in [0, 0.05) is 29.7 Å².